The third-order valence-corrected chi connectivity index (χ3v) is 6.75. The molecule has 0 bridgehead atoms. The Balaban J connectivity index is 1.93. The van der Waals surface area contributed by atoms with E-state index in [1.165, 1.54) is 11.0 Å². The Bertz CT molecular complexity index is 913. The number of sulfone groups is 1. The maximum absolute atomic E-state index is 13.0. The molecule has 0 radical (unpaired) electrons. The third-order valence-electron chi connectivity index (χ3n) is 4.03. The van der Waals surface area contributed by atoms with Crippen LogP contribution in [0.5, 0.6) is 0 Å². The van der Waals surface area contributed by atoms with E-state index < -0.39 is 15.9 Å². The Hall–Kier alpha value is -1.02. The van der Waals surface area contributed by atoms with Crippen molar-refractivity contribution in [1.82, 2.24) is 4.90 Å². The van der Waals surface area contributed by atoms with Gasteiger partial charge >= 0.3 is 0 Å². The summed E-state index contributed by atoms with van der Waals surface area (Å²) in [4.78, 5) is 14.5. The van der Waals surface area contributed by atoms with Crippen molar-refractivity contribution < 1.29 is 17.6 Å². The number of nitrogens with zero attached hydrogens (tertiary/aromatic N) is 1. The van der Waals surface area contributed by atoms with E-state index in [9.17, 15) is 13.2 Å². The quantitative estimate of drug-likeness (QED) is 0.677. The van der Waals surface area contributed by atoms with E-state index in [1.807, 2.05) is 0 Å². The molecule has 1 aliphatic heterocycles. The lowest BCUT2D eigenvalue weighted by atomic mass is 10.1. The molecule has 3 rings (SSSR count). The van der Waals surface area contributed by atoms with E-state index in [1.54, 1.807) is 24.3 Å². The Kier molecular flexibility index (Phi) is 5.48. The molecule has 1 amide bonds. The molecule has 1 aromatic carbocycles. The molecule has 1 fully saturated rings. The molecule has 2 aromatic rings. The summed E-state index contributed by atoms with van der Waals surface area (Å²) >= 11 is 15.3. The van der Waals surface area contributed by atoms with Gasteiger partial charge in [-0.15, -0.1) is 0 Å². The van der Waals surface area contributed by atoms with Crippen molar-refractivity contribution in [1.29, 1.82) is 0 Å². The highest BCUT2D eigenvalue weighted by molar-refractivity contribution is 9.10. The van der Waals surface area contributed by atoms with Crippen LogP contribution in [0, 0.1) is 0 Å². The molecular weight excluding hydrogens is 453 g/mol. The lowest BCUT2D eigenvalue weighted by Crippen LogP contribution is -2.40. The maximum atomic E-state index is 13.0. The number of hydrogen-bond acceptors (Lipinski definition) is 4. The van der Waals surface area contributed by atoms with Gasteiger partial charge in [-0.25, -0.2) is 8.42 Å². The first-order valence-electron chi connectivity index (χ1n) is 7.46. The van der Waals surface area contributed by atoms with Crippen molar-refractivity contribution in [3.63, 3.8) is 0 Å². The van der Waals surface area contributed by atoms with Gasteiger partial charge in [0.2, 0.25) is 0 Å². The highest BCUT2D eigenvalue weighted by Crippen LogP contribution is 2.27. The molecule has 1 aromatic heterocycles. The Labute approximate surface area is 163 Å². The average Bonchev–Trinajstić information content (AvgIpc) is 3.09. The van der Waals surface area contributed by atoms with E-state index in [2.05, 4.69) is 15.9 Å². The van der Waals surface area contributed by atoms with Crippen molar-refractivity contribution in [3.05, 3.63) is 56.4 Å². The molecule has 0 saturated carbocycles. The van der Waals surface area contributed by atoms with Crippen LogP contribution in [-0.4, -0.2) is 36.8 Å². The van der Waals surface area contributed by atoms with E-state index in [-0.39, 0.29) is 34.5 Å². The predicted molar refractivity (Wildman–Crippen MR) is 99.8 cm³/mol. The van der Waals surface area contributed by atoms with Crippen molar-refractivity contribution in [2.45, 2.75) is 19.0 Å². The van der Waals surface area contributed by atoms with E-state index in [0.29, 0.717) is 21.9 Å². The van der Waals surface area contributed by atoms with Crippen LogP contribution in [0.15, 0.2) is 39.4 Å². The number of carbonyl (C=O) groups excluding carboxylic acids is 1. The summed E-state index contributed by atoms with van der Waals surface area (Å²) < 4.78 is 29.7. The molecule has 1 atom stereocenters. The first kappa shape index (κ1) is 18.8. The molecular formula is C16H14BrCl2NO4S. The summed E-state index contributed by atoms with van der Waals surface area (Å²) in [6.07, 6.45) is 0.390. The number of halogens is 3. The number of benzene rings is 1. The number of rotatable bonds is 4. The summed E-state index contributed by atoms with van der Waals surface area (Å²) in [5.74, 6) is 0.203. The second-order valence-corrected chi connectivity index (χ2v) is 9.67. The second kappa shape index (κ2) is 7.31. The van der Waals surface area contributed by atoms with Crippen LogP contribution in [0.1, 0.15) is 22.5 Å². The molecule has 9 heteroatoms. The zero-order valence-corrected chi connectivity index (χ0v) is 16.8. The lowest BCUT2D eigenvalue weighted by Gasteiger charge is -2.28. The standard InChI is InChI=1S/C16H14BrCl2NO4S/c17-15-4-2-12(24-15)8-20(11-5-6-25(22,23)9-11)16(21)13-3-1-10(18)7-14(13)19/h1-4,7,11H,5-6,8-9H2/t11-/m1/s1. The van der Waals surface area contributed by atoms with Gasteiger partial charge in [0.05, 0.1) is 28.6 Å². The van der Waals surface area contributed by atoms with E-state index in [0.717, 1.165) is 0 Å². The number of furan rings is 1. The molecule has 0 spiro atoms. The van der Waals surface area contributed by atoms with Gasteiger partial charge in [-0.2, -0.15) is 0 Å². The van der Waals surface area contributed by atoms with Crippen molar-refractivity contribution >= 4 is 54.9 Å². The summed E-state index contributed by atoms with van der Waals surface area (Å²) in [5, 5.41) is 0.649. The van der Waals surface area contributed by atoms with Gasteiger partial charge in [-0.05, 0) is 52.7 Å². The molecule has 5 nitrogen and oxygen atoms in total. The number of amides is 1. The number of carbonyl (C=O) groups is 1. The summed E-state index contributed by atoms with van der Waals surface area (Å²) in [6.45, 7) is 0.156. The molecule has 0 N–H and O–H groups in total. The largest absolute Gasteiger partial charge is 0.452 e. The predicted octanol–water partition coefficient (Wildman–Crippen LogP) is 4.18. The van der Waals surface area contributed by atoms with Crippen LogP contribution < -0.4 is 0 Å². The van der Waals surface area contributed by atoms with Gasteiger partial charge in [0.25, 0.3) is 5.91 Å². The van der Waals surface area contributed by atoms with Gasteiger partial charge in [0.15, 0.2) is 14.5 Å². The Morgan fingerprint density at radius 1 is 1.28 bits per heavy atom. The van der Waals surface area contributed by atoms with Crippen molar-refractivity contribution in [3.8, 4) is 0 Å². The first-order chi connectivity index (χ1) is 11.7. The molecule has 1 aliphatic rings. The Morgan fingerprint density at radius 3 is 2.60 bits per heavy atom. The van der Waals surface area contributed by atoms with Crippen LogP contribution >= 0.6 is 39.1 Å². The average molecular weight is 467 g/mol. The molecule has 0 unspecified atom stereocenters. The van der Waals surface area contributed by atoms with Crippen molar-refractivity contribution in [2.75, 3.05) is 11.5 Å². The molecule has 25 heavy (non-hydrogen) atoms. The molecule has 0 aliphatic carbocycles. The fourth-order valence-electron chi connectivity index (χ4n) is 2.81. The highest BCUT2D eigenvalue weighted by Gasteiger charge is 2.36. The molecule has 134 valence electrons. The topological polar surface area (TPSA) is 67.6 Å². The van der Waals surface area contributed by atoms with E-state index >= 15 is 0 Å². The Morgan fingerprint density at radius 2 is 2.04 bits per heavy atom. The smallest absolute Gasteiger partial charge is 0.256 e. The molecule has 2 heterocycles. The van der Waals surface area contributed by atoms with Gasteiger partial charge in [-0.1, -0.05) is 23.2 Å². The summed E-state index contributed by atoms with van der Waals surface area (Å²) in [7, 11) is -3.15. The van der Waals surface area contributed by atoms with Gasteiger partial charge in [0.1, 0.15) is 5.76 Å². The van der Waals surface area contributed by atoms with Crippen LogP contribution in [0.2, 0.25) is 10.0 Å². The normalized spacial score (nSPS) is 19.1. The zero-order chi connectivity index (χ0) is 18.2. The van der Waals surface area contributed by atoms with Crippen LogP contribution in [-0.2, 0) is 16.4 Å². The van der Waals surface area contributed by atoms with E-state index in [4.69, 9.17) is 27.6 Å². The highest BCUT2D eigenvalue weighted by atomic mass is 79.9. The van der Waals surface area contributed by atoms with Gasteiger partial charge < -0.3 is 9.32 Å². The van der Waals surface area contributed by atoms with Crippen LogP contribution in [0.3, 0.4) is 0 Å². The van der Waals surface area contributed by atoms with Gasteiger partial charge in [0, 0.05) is 11.1 Å². The molecule has 1 saturated heterocycles. The van der Waals surface area contributed by atoms with Crippen molar-refractivity contribution in [2.24, 2.45) is 0 Å². The first-order valence-corrected chi connectivity index (χ1v) is 10.8. The third kappa shape index (κ3) is 4.39. The lowest BCUT2D eigenvalue weighted by molar-refractivity contribution is 0.0665. The second-order valence-electron chi connectivity index (χ2n) is 5.82. The monoisotopic (exact) mass is 465 g/mol. The summed E-state index contributed by atoms with van der Waals surface area (Å²) in [5.41, 5.74) is 0.279. The van der Waals surface area contributed by atoms with Gasteiger partial charge in [-0.3, -0.25) is 4.79 Å². The van der Waals surface area contributed by atoms with Crippen LogP contribution in [0.25, 0.3) is 0 Å². The zero-order valence-electron chi connectivity index (χ0n) is 12.9. The minimum atomic E-state index is -3.15. The summed E-state index contributed by atoms with van der Waals surface area (Å²) in [6, 6.07) is 7.64. The fraction of sp³-hybridized carbons (Fsp3) is 0.312. The fourth-order valence-corrected chi connectivity index (χ4v) is 5.37. The maximum Gasteiger partial charge on any atom is 0.256 e. The van der Waals surface area contributed by atoms with Crippen LogP contribution in [0.4, 0.5) is 0 Å². The number of hydrogen-bond donors (Lipinski definition) is 0. The minimum Gasteiger partial charge on any atom is -0.452 e. The minimum absolute atomic E-state index is 0.0637. The SMILES string of the molecule is O=C(c1ccc(Cl)cc1Cl)N(Cc1ccc(Br)o1)[C@@H]1CCS(=O)(=O)C1.